The van der Waals surface area contributed by atoms with Crippen LogP contribution in [0.5, 0.6) is 0 Å². The van der Waals surface area contributed by atoms with Gasteiger partial charge in [-0.25, -0.2) is 0 Å². The van der Waals surface area contributed by atoms with Gasteiger partial charge in [0, 0.05) is 37.6 Å². The Morgan fingerprint density at radius 2 is 1.38 bits per heavy atom. The molecule has 0 aliphatic carbocycles. The lowest BCUT2D eigenvalue weighted by molar-refractivity contribution is -0.171. The lowest BCUT2D eigenvalue weighted by Crippen LogP contribution is -2.53. The third-order valence-electron chi connectivity index (χ3n) is 4.61. The highest BCUT2D eigenvalue weighted by molar-refractivity contribution is 7.80. The van der Waals surface area contributed by atoms with Crippen LogP contribution in [0.2, 0.25) is 0 Å². The lowest BCUT2D eigenvalue weighted by atomic mass is 10.1. The average molecular weight is 629 g/mol. The molecular weight excluding hydrogens is 572 g/mol. The molecule has 0 saturated heterocycles. The molecule has 0 aliphatic rings. The maximum absolute atomic E-state index is 11.7. The highest BCUT2D eigenvalue weighted by Gasteiger charge is 2.28. The number of ether oxygens (including phenoxy) is 5. The van der Waals surface area contributed by atoms with E-state index >= 15 is 0 Å². The van der Waals surface area contributed by atoms with E-state index in [-0.39, 0.29) is 18.4 Å². The number of carbonyl (C=O) groups is 2. The van der Waals surface area contributed by atoms with Crippen molar-refractivity contribution in [3.05, 3.63) is 12.5 Å². The van der Waals surface area contributed by atoms with Gasteiger partial charge in [-0.3, -0.25) is 14.9 Å². The summed E-state index contributed by atoms with van der Waals surface area (Å²) in [5.74, 6) is -0.267. The topological polar surface area (TPSA) is 203 Å². The van der Waals surface area contributed by atoms with Crippen molar-refractivity contribution in [2.24, 2.45) is 5.73 Å². The Kier molecular flexibility index (Phi) is 28.4. The first-order chi connectivity index (χ1) is 19.9. The number of hydrogen-bond acceptors (Lipinski definition) is 13. The zero-order chi connectivity index (χ0) is 32.2. The van der Waals surface area contributed by atoms with E-state index < -0.39 is 30.2 Å². The van der Waals surface area contributed by atoms with Crippen LogP contribution in [0.4, 0.5) is 0 Å². The summed E-state index contributed by atoms with van der Waals surface area (Å²) in [6, 6.07) is -0.596. The number of aliphatic hydroxyl groups is 3. The molecule has 0 heterocycles. The van der Waals surface area contributed by atoms with Gasteiger partial charge in [0.25, 0.3) is 5.91 Å². The van der Waals surface area contributed by atoms with Gasteiger partial charge in [-0.2, -0.15) is 12.6 Å². The van der Waals surface area contributed by atoms with Crippen molar-refractivity contribution < 1.29 is 48.6 Å². The second kappa shape index (κ2) is 28.1. The Hall–Kier alpha value is -1.69. The third-order valence-corrected chi connectivity index (χ3v) is 5.00. The maximum Gasteiger partial charge on any atom is 0.257 e. The SMILES string of the molecule is CC(C)(C)NC(O)C(O)C(O)O/C=C\OCC(=O)NCCCOCCOCCOCCCNC(=O)C(N)CS.CCC. The smallest absolute Gasteiger partial charge is 0.257 e. The molecule has 8 N–H and O–H groups in total. The number of amides is 2. The molecule has 4 atom stereocenters. The standard InChI is InChI=1S/C24H48N4O10S.C3H8/c1-24(2,3)28-22(32)20(30)23(33)38-15-14-37-16-19(29)26-6-4-8-34-10-12-36-13-11-35-9-5-7-27-21(31)18(25)17-39;1-3-2/h14-15,18,20,22-23,28,30,32-33,39H,4-13,16-17,25H2,1-3H3,(H,26,29)(H,27,31);3H2,1-2H3/b15-14-;. The second-order valence-electron chi connectivity index (χ2n) is 10.1. The molecule has 2 amide bonds. The van der Waals surface area contributed by atoms with Crippen molar-refractivity contribution in [3.63, 3.8) is 0 Å². The van der Waals surface area contributed by atoms with Gasteiger partial charge in [0.1, 0.15) is 18.8 Å². The summed E-state index contributed by atoms with van der Waals surface area (Å²) in [6.45, 7) is 12.9. The predicted octanol–water partition coefficient (Wildman–Crippen LogP) is -0.388. The molecule has 0 spiro atoms. The van der Waals surface area contributed by atoms with Crippen LogP contribution in [0.25, 0.3) is 0 Å². The van der Waals surface area contributed by atoms with E-state index in [2.05, 4.69) is 42.4 Å². The van der Waals surface area contributed by atoms with Gasteiger partial charge in [-0.05, 0) is 33.6 Å². The van der Waals surface area contributed by atoms with Crippen LogP contribution < -0.4 is 21.7 Å². The molecule has 15 heteroatoms. The molecule has 0 rings (SSSR count). The normalized spacial score (nSPS) is 14.3. The number of nitrogens with two attached hydrogens (primary N) is 1. The van der Waals surface area contributed by atoms with Gasteiger partial charge in [-0.1, -0.05) is 20.3 Å². The van der Waals surface area contributed by atoms with E-state index in [0.29, 0.717) is 71.3 Å². The molecule has 4 unspecified atom stereocenters. The summed E-state index contributed by atoms with van der Waals surface area (Å²) >= 11 is 3.97. The first-order valence-electron chi connectivity index (χ1n) is 14.3. The minimum atomic E-state index is -1.69. The molecule has 0 aromatic heterocycles. The monoisotopic (exact) mass is 628 g/mol. The average Bonchev–Trinajstić information content (AvgIpc) is 2.93. The Labute approximate surface area is 256 Å². The number of carbonyl (C=O) groups excluding carboxylic acids is 2. The third kappa shape index (κ3) is 28.4. The number of aliphatic hydroxyl groups excluding tert-OH is 3. The zero-order valence-electron chi connectivity index (χ0n) is 25.9. The number of nitrogens with one attached hydrogen (secondary N) is 3. The van der Waals surface area contributed by atoms with Crippen LogP contribution in [-0.2, 0) is 33.3 Å². The lowest BCUT2D eigenvalue weighted by Gasteiger charge is -2.29. The van der Waals surface area contributed by atoms with Crippen molar-refractivity contribution in [2.45, 2.75) is 84.1 Å². The molecule has 250 valence electrons. The van der Waals surface area contributed by atoms with E-state index in [4.69, 9.17) is 29.4 Å². The maximum atomic E-state index is 11.7. The fraction of sp³-hybridized carbons (Fsp3) is 0.852. The summed E-state index contributed by atoms with van der Waals surface area (Å²) in [7, 11) is 0. The van der Waals surface area contributed by atoms with Gasteiger partial charge in [0.15, 0.2) is 12.7 Å². The first kappa shape index (κ1) is 42.4. The fourth-order valence-corrected chi connectivity index (χ4v) is 2.80. The quantitative estimate of drug-likeness (QED) is 0.0298. The van der Waals surface area contributed by atoms with Gasteiger partial charge >= 0.3 is 0 Å². The molecule has 0 aliphatic heterocycles. The van der Waals surface area contributed by atoms with Crippen LogP contribution in [-0.4, -0.2) is 122 Å². The van der Waals surface area contributed by atoms with E-state index in [9.17, 15) is 24.9 Å². The van der Waals surface area contributed by atoms with Crippen LogP contribution in [0.15, 0.2) is 12.5 Å². The van der Waals surface area contributed by atoms with Crippen molar-refractivity contribution in [3.8, 4) is 0 Å². The molecule has 42 heavy (non-hydrogen) atoms. The number of rotatable bonds is 24. The Morgan fingerprint density at radius 3 is 1.88 bits per heavy atom. The molecule has 0 bridgehead atoms. The molecule has 0 aromatic carbocycles. The van der Waals surface area contributed by atoms with Crippen LogP contribution >= 0.6 is 12.6 Å². The first-order valence-corrected chi connectivity index (χ1v) is 14.9. The van der Waals surface area contributed by atoms with Crippen molar-refractivity contribution in [2.75, 3.05) is 65.1 Å². The van der Waals surface area contributed by atoms with E-state index in [1.54, 1.807) is 20.8 Å². The second-order valence-corrected chi connectivity index (χ2v) is 10.5. The van der Waals surface area contributed by atoms with E-state index in [0.717, 1.165) is 12.5 Å². The van der Waals surface area contributed by atoms with E-state index in [1.807, 2.05) is 0 Å². The van der Waals surface area contributed by atoms with Gasteiger partial charge in [0.2, 0.25) is 12.2 Å². The molecule has 0 aromatic rings. The summed E-state index contributed by atoms with van der Waals surface area (Å²) in [5.41, 5.74) is 5.07. The van der Waals surface area contributed by atoms with Gasteiger partial charge in [0.05, 0.1) is 32.5 Å². The number of hydrogen-bond donors (Lipinski definition) is 8. The van der Waals surface area contributed by atoms with Gasteiger partial charge < -0.3 is 55.4 Å². The molecule has 0 fully saturated rings. The highest BCUT2D eigenvalue weighted by atomic mass is 32.1. The molecular formula is C27H56N4O10S. The minimum absolute atomic E-state index is 0.219. The van der Waals surface area contributed by atoms with Crippen LogP contribution in [0, 0.1) is 0 Å². The van der Waals surface area contributed by atoms with Crippen molar-refractivity contribution in [1.82, 2.24) is 16.0 Å². The summed E-state index contributed by atoms with van der Waals surface area (Å²) in [4.78, 5) is 23.2. The largest absolute Gasteiger partial charge is 0.488 e. The minimum Gasteiger partial charge on any atom is -0.488 e. The highest BCUT2D eigenvalue weighted by Crippen LogP contribution is 2.06. The Morgan fingerprint density at radius 1 is 0.881 bits per heavy atom. The van der Waals surface area contributed by atoms with Crippen molar-refractivity contribution in [1.29, 1.82) is 0 Å². The Bertz CT molecular complexity index is 686. The molecule has 14 nitrogen and oxygen atoms in total. The molecule has 0 radical (unpaired) electrons. The summed E-state index contributed by atoms with van der Waals surface area (Å²) < 4.78 is 26.1. The van der Waals surface area contributed by atoms with Crippen LogP contribution in [0.3, 0.4) is 0 Å². The predicted molar refractivity (Wildman–Crippen MR) is 163 cm³/mol. The van der Waals surface area contributed by atoms with Gasteiger partial charge in [-0.15, -0.1) is 0 Å². The fourth-order valence-electron chi connectivity index (χ4n) is 2.64. The molecule has 0 saturated carbocycles. The Balaban J connectivity index is 0. The summed E-state index contributed by atoms with van der Waals surface area (Å²) in [5, 5.41) is 37.4. The van der Waals surface area contributed by atoms with Crippen molar-refractivity contribution >= 4 is 24.4 Å². The van der Waals surface area contributed by atoms with Crippen LogP contribution in [0.1, 0.15) is 53.9 Å². The number of thiol groups is 1. The zero-order valence-corrected chi connectivity index (χ0v) is 26.8. The summed E-state index contributed by atoms with van der Waals surface area (Å²) in [6.07, 6.45) is -0.122. The van der Waals surface area contributed by atoms with E-state index in [1.165, 1.54) is 6.42 Å².